The van der Waals surface area contributed by atoms with Crippen molar-refractivity contribution in [2.24, 2.45) is 5.92 Å². The number of methoxy groups -OCH3 is 1. The molecule has 8 nitrogen and oxygen atoms in total. The molecule has 1 N–H and O–H groups in total. The van der Waals surface area contributed by atoms with E-state index in [4.69, 9.17) is 4.74 Å². The molecule has 130 valence electrons. The van der Waals surface area contributed by atoms with Gasteiger partial charge in [0.15, 0.2) is 0 Å². The van der Waals surface area contributed by atoms with E-state index in [1.807, 2.05) is 0 Å². The van der Waals surface area contributed by atoms with Gasteiger partial charge >= 0.3 is 0 Å². The number of hydrogen-bond donors (Lipinski definition) is 1. The van der Waals surface area contributed by atoms with Crippen LogP contribution in [0, 0.1) is 5.92 Å². The van der Waals surface area contributed by atoms with Gasteiger partial charge in [-0.25, -0.2) is 4.98 Å². The van der Waals surface area contributed by atoms with Crippen LogP contribution in [0.5, 0.6) is 0 Å². The van der Waals surface area contributed by atoms with Crippen LogP contribution in [0.15, 0.2) is 11.0 Å². The Balaban J connectivity index is 1.86. The lowest BCUT2D eigenvalue weighted by molar-refractivity contribution is 0.0935. The summed E-state index contributed by atoms with van der Waals surface area (Å²) in [5.74, 6) is 0.151. The molecular weight excluding hydrogens is 330 g/mol. The number of nitrogens with one attached hydrogen (secondary N) is 1. The summed E-state index contributed by atoms with van der Waals surface area (Å²) in [5, 5.41) is 7.80. The summed E-state index contributed by atoms with van der Waals surface area (Å²) in [7, 11) is 1.55. The summed E-state index contributed by atoms with van der Waals surface area (Å²) < 4.78 is 6.10. The normalized spacial score (nSPS) is 18.1. The SMILES string of the molecule is COCCNC(=O)c1cnc2sc(N3CCCC(C)C3)nn2c1=O. The fourth-order valence-electron chi connectivity index (χ4n) is 2.78. The summed E-state index contributed by atoms with van der Waals surface area (Å²) in [4.78, 5) is 31.5. The highest BCUT2D eigenvalue weighted by Gasteiger charge is 2.22. The molecule has 0 aromatic carbocycles. The number of carbonyl (C=O) groups excluding carboxylic acids is 1. The Morgan fingerprint density at radius 2 is 2.38 bits per heavy atom. The van der Waals surface area contributed by atoms with Crippen LogP contribution in [-0.2, 0) is 4.74 Å². The number of rotatable bonds is 5. The van der Waals surface area contributed by atoms with Gasteiger partial charge in [0.1, 0.15) is 5.56 Å². The molecule has 1 aliphatic rings. The molecule has 9 heteroatoms. The van der Waals surface area contributed by atoms with Crippen LogP contribution in [0.2, 0.25) is 0 Å². The van der Waals surface area contributed by atoms with Crippen LogP contribution in [-0.4, -0.2) is 53.9 Å². The second kappa shape index (κ2) is 7.27. The van der Waals surface area contributed by atoms with Crippen LogP contribution >= 0.6 is 11.3 Å². The van der Waals surface area contributed by atoms with Gasteiger partial charge in [-0.1, -0.05) is 18.3 Å². The molecule has 2 aromatic heterocycles. The van der Waals surface area contributed by atoms with Gasteiger partial charge in [-0.15, -0.1) is 5.10 Å². The van der Waals surface area contributed by atoms with Crippen molar-refractivity contribution in [3.63, 3.8) is 0 Å². The maximum atomic E-state index is 12.5. The van der Waals surface area contributed by atoms with Crippen molar-refractivity contribution in [3.8, 4) is 0 Å². The van der Waals surface area contributed by atoms with Crippen molar-refractivity contribution in [2.75, 3.05) is 38.3 Å². The summed E-state index contributed by atoms with van der Waals surface area (Å²) in [5.41, 5.74) is -0.449. The molecule has 3 rings (SSSR count). The van der Waals surface area contributed by atoms with Crippen LogP contribution in [0.4, 0.5) is 5.13 Å². The maximum Gasteiger partial charge on any atom is 0.288 e. The molecule has 3 heterocycles. The highest BCUT2D eigenvalue weighted by atomic mass is 32.1. The summed E-state index contributed by atoms with van der Waals surface area (Å²) in [6, 6.07) is 0. The average Bonchev–Trinajstić information content (AvgIpc) is 3.00. The number of aromatic nitrogens is 3. The van der Waals surface area contributed by atoms with Gasteiger partial charge in [-0.3, -0.25) is 9.59 Å². The predicted molar refractivity (Wildman–Crippen MR) is 92.0 cm³/mol. The van der Waals surface area contributed by atoms with E-state index in [9.17, 15) is 9.59 Å². The third-order valence-corrected chi connectivity index (χ3v) is 5.02. The first-order valence-electron chi connectivity index (χ1n) is 8.01. The Morgan fingerprint density at radius 3 is 3.12 bits per heavy atom. The van der Waals surface area contributed by atoms with Gasteiger partial charge in [-0.2, -0.15) is 4.52 Å². The first kappa shape index (κ1) is 16.8. The number of ether oxygens (including phenoxy) is 1. The second-order valence-electron chi connectivity index (χ2n) is 6.00. The lowest BCUT2D eigenvalue weighted by Crippen LogP contribution is -2.35. The van der Waals surface area contributed by atoms with Gasteiger partial charge in [0.2, 0.25) is 10.1 Å². The first-order valence-corrected chi connectivity index (χ1v) is 8.82. The van der Waals surface area contributed by atoms with Crippen molar-refractivity contribution < 1.29 is 9.53 Å². The molecule has 1 unspecified atom stereocenters. The molecular formula is C15H21N5O3S. The topological polar surface area (TPSA) is 88.8 Å². The van der Waals surface area contributed by atoms with Gasteiger partial charge in [0.25, 0.3) is 11.5 Å². The number of piperidine rings is 1. The zero-order chi connectivity index (χ0) is 17.1. The summed E-state index contributed by atoms with van der Waals surface area (Å²) >= 11 is 1.38. The second-order valence-corrected chi connectivity index (χ2v) is 6.93. The average molecular weight is 351 g/mol. The standard InChI is InChI=1S/C15H21N5O3S/c1-10-4-3-6-19(9-10)15-18-20-13(22)11(8-17-14(20)24-15)12(21)16-5-7-23-2/h8,10H,3-7,9H2,1-2H3,(H,16,21). The Hall–Kier alpha value is -2.00. The smallest absolute Gasteiger partial charge is 0.288 e. The van der Waals surface area contributed by atoms with E-state index in [0.29, 0.717) is 24.0 Å². The van der Waals surface area contributed by atoms with Crippen molar-refractivity contribution in [1.82, 2.24) is 19.9 Å². The molecule has 0 aliphatic carbocycles. The number of fused-ring (bicyclic) bond motifs is 1. The highest BCUT2D eigenvalue weighted by molar-refractivity contribution is 7.20. The molecule has 1 aliphatic heterocycles. The maximum absolute atomic E-state index is 12.5. The minimum atomic E-state index is -0.458. The third kappa shape index (κ3) is 3.41. The monoisotopic (exact) mass is 351 g/mol. The molecule has 1 atom stereocenters. The van der Waals surface area contributed by atoms with Crippen molar-refractivity contribution in [3.05, 3.63) is 22.1 Å². The molecule has 0 radical (unpaired) electrons. The third-order valence-electron chi connectivity index (χ3n) is 4.04. The Kier molecular flexibility index (Phi) is 5.10. The van der Waals surface area contributed by atoms with E-state index in [1.165, 1.54) is 28.5 Å². The van der Waals surface area contributed by atoms with Gasteiger partial charge in [0, 0.05) is 32.9 Å². The molecule has 2 aromatic rings. The van der Waals surface area contributed by atoms with E-state index in [1.54, 1.807) is 7.11 Å². The molecule has 24 heavy (non-hydrogen) atoms. The zero-order valence-corrected chi connectivity index (χ0v) is 14.6. The van der Waals surface area contributed by atoms with E-state index in [2.05, 4.69) is 27.2 Å². The Morgan fingerprint density at radius 1 is 1.54 bits per heavy atom. The van der Waals surface area contributed by atoms with E-state index >= 15 is 0 Å². The largest absolute Gasteiger partial charge is 0.383 e. The van der Waals surface area contributed by atoms with Crippen molar-refractivity contribution in [1.29, 1.82) is 0 Å². The lowest BCUT2D eigenvalue weighted by Gasteiger charge is -2.30. The minimum Gasteiger partial charge on any atom is -0.383 e. The van der Waals surface area contributed by atoms with Crippen molar-refractivity contribution >= 4 is 27.3 Å². The highest BCUT2D eigenvalue weighted by Crippen LogP contribution is 2.26. The van der Waals surface area contributed by atoms with Gasteiger partial charge < -0.3 is 15.0 Å². The van der Waals surface area contributed by atoms with E-state index in [-0.39, 0.29) is 5.56 Å². The van der Waals surface area contributed by atoms with Crippen LogP contribution in [0.3, 0.4) is 0 Å². The molecule has 1 amide bonds. The predicted octanol–water partition coefficient (Wildman–Crippen LogP) is 0.763. The van der Waals surface area contributed by atoms with E-state index in [0.717, 1.165) is 24.6 Å². The number of nitrogens with zero attached hydrogens (tertiary/aromatic N) is 4. The van der Waals surface area contributed by atoms with Crippen LogP contribution in [0.25, 0.3) is 4.96 Å². The minimum absolute atomic E-state index is 0.00698. The number of anilines is 1. The molecule has 1 saturated heterocycles. The lowest BCUT2D eigenvalue weighted by atomic mass is 10.0. The van der Waals surface area contributed by atoms with E-state index < -0.39 is 11.5 Å². The number of amides is 1. The van der Waals surface area contributed by atoms with Crippen molar-refractivity contribution in [2.45, 2.75) is 19.8 Å². The molecule has 0 spiro atoms. The summed E-state index contributed by atoms with van der Waals surface area (Å²) in [6.07, 6.45) is 3.65. The Bertz CT molecular complexity index is 787. The quantitative estimate of drug-likeness (QED) is 0.800. The van der Waals surface area contributed by atoms with Crippen LogP contribution in [0.1, 0.15) is 30.1 Å². The number of hydrogen-bond acceptors (Lipinski definition) is 7. The Labute approximate surface area is 143 Å². The molecule has 0 bridgehead atoms. The first-order chi connectivity index (χ1) is 11.6. The zero-order valence-electron chi connectivity index (χ0n) is 13.8. The fraction of sp³-hybridized carbons (Fsp3) is 0.600. The van der Waals surface area contributed by atoms with Crippen LogP contribution < -0.4 is 15.8 Å². The summed E-state index contributed by atoms with van der Waals surface area (Å²) in [6.45, 7) is 4.80. The number of carbonyl (C=O) groups is 1. The molecule has 1 fully saturated rings. The fourth-order valence-corrected chi connectivity index (χ4v) is 3.68. The molecule has 0 saturated carbocycles. The van der Waals surface area contributed by atoms with Gasteiger partial charge in [-0.05, 0) is 18.8 Å². The van der Waals surface area contributed by atoms with Gasteiger partial charge in [0.05, 0.1) is 6.61 Å².